The lowest BCUT2D eigenvalue weighted by Crippen LogP contribution is -2.26. The average Bonchev–Trinajstić information content (AvgIpc) is 2.48. The van der Waals surface area contributed by atoms with Crippen LogP contribution in [0.2, 0.25) is 0 Å². The molecule has 0 saturated carbocycles. The summed E-state index contributed by atoms with van der Waals surface area (Å²) in [5, 5.41) is 0.554. The van der Waals surface area contributed by atoms with Crippen molar-refractivity contribution in [3.63, 3.8) is 0 Å². The van der Waals surface area contributed by atoms with E-state index >= 15 is 0 Å². The molecule has 0 saturated heterocycles. The van der Waals surface area contributed by atoms with Crippen LogP contribution in [-0.4, -0.2) is 9.71 Å². The maximum absolute atomic E-state index is 12.1. The van der Waals surface area contributed by atoms with Crippen molar-refractivity contribution in [1.82, 2.24) is 9.71 Å². The zero-order valence-electron chi connectivity index (χ0n) is 10.2. The van der Waals surface area contributed by atoms with E-state index < -0.39 is 0 Å². The van der Waals surface area contributed by atoms with Crippen molar-refractivity contribution in [3.8, 4) is 0 Å². The van der Waals surface area contributed by atoms with Crippen LogP contribution < -0.4 is 10.4 Å². The van der Waals surface area contributed by atoms with Crippen LogP contribution in [0.1, 0.15) is 5.56 Å². The number of hydrogen-bond acceptors (Lipinski definition) is 3. The number of rotatable bonds is 3. The highest BCUT2D eigenvalue weighted by Gasteiger charge is 2.03. The van der Waals surface area contributed by atoms with Crippen LogP contribution in [0.25, 0.3) is 10.9 Å². The van der Waals surface area contributed by atoms with Gasteiger partial charge in [0.05, 0.1) is 10.9 Å². The molecule has 0 aliphatic carbocycles. The van der Waals surface area contributed by atoms with Gasteiger partial charge in [0.25, 0.3) is 5.56 Å². The molecule has 19 heavy (non-hydrogen) atoms. The normalized spacial score (nSPS) is 10.5. The van der Waals surface area contributed by atoms with Gasteiger partial charge >= 0.3 is 0 Å². The Morgan fingerprint density at radius 2 is 1.74 bits per heavy atom. The smallest absolute Gasteiger partial charge is 0.293 e. The Hall–Kier alpha value is -2.62. The molecule has 0 N–H and O–H groups in total. The summed E-state index contributed by atoms with van der Waals surface area (Å²) in [5.41, 5.74) is 1.48. The molecule has 4 heteroatoms. The van der Waals surface area contributed by atoms with Crippen molar-refractivity contribution in [2.24, 2.45) is 0 Å². The topological polar surface area (TPSA) is 44.1 Å². The van der Waals surface area contributed by atoms with Gasteiger partial charge in [-0.2, -0.15) is 0 Å². The van der Waals surface area contributed by atoms with Crippen molar-refractivity contribution < 1.29 is 4.84 Å². The first-order chi connectivity index (χ1) is 9.34. The SMILES string of the molecule is O=c1c2ccccc2ncn1OCc1ccccc1. The molecule has 3 aromatic rings. The first-order valence-corrected chi connectivity index (χ1v) is 5.98. The summed E-state index contributed by atoms with van der Waals surface area (Å²) in [6.07, 6.45) is 1.41. The summed E-state index contributed by atoms with van der Waals surface area (Å²) >= 11 is 0. The summed E-state index contributed by atoms with van der Waals surface area (Å²) in [6, 6.07) is 16.9. The zero-order chi connectivity index (χ0) is 13.1. The van der Waals surface area contributed by atoms with E-state index in [1.54, 1.807) is 12.1 Å². The molecular weight excluding hydrogens is 240 g/mol. The second-order valence-corrected chi connectivity index (χ2v) is 4.15. The van der Waals surface area contributed by atoms with Crippen molar-refractivity contribution >= 4 is 10.9 Å². The van der Waals surface area contributed by atoms with Crippen molar-refractivity contribution in [1.29, 1.82) is 0 Å². The molecule has 0 amide bonds. The van der Waals surface area contributed by atoms with Gasteiger partial charge in [-0.05, 0) is 17.7 Å². The third kappa shape index (κ3) is 2.33. The Labute approximate surface area is 109 Å². The third-order valence-electron chi connectivity index (χ3n) is 2.85. The van der Waals surface area contributed by atoms with Gasteiger partial charge in [-0.15, -0.1) is 4.73 Å². The lowest BCUT2D eigenvalue weighted by Gasteiger charge is -2.08. The quantitative estimate of drug-likeness (QED) is 0.716. The zero-order valence-corrected chi connectivity index (χ0v) is 10.2. The van der Waals surface area contributed by atoms with Crippen LogP contribution in [0.5, 0.6) is 0 Å². The van der Waals surface area contributed by atoms with Crippen LogP contribution >= 0.6 is 0 Å². The summed E-state index contributed by atoms with van der Waals surface area (Å²) in [6.45, 7) is 0.334. The van der Waals surface area contributed by atoms with Crippen molar-refractivity contribution in [3.05, 3.63) is 76.8 Å². The van der Waals surface area contributed by atoms with Gasteiger partial charge < -0.3 is 4.84 Å². The molecule has 1 aromatic heterocycles. The fourth-order valence-electron chi connectivity index (χ4n) is 1.86. The van der Waals surface area contributed by atoms with Crippen LogP contribution in [-0.2, 0) is 6.61 Å². The highest BCUT2D eigenvalue weighted by molar-refractivity contribution is 5.76. The lowest BCUT2D eigenvalue weighted by molar-refractivity contribution is 0.0880. The Morgan fingerprint density at radius 1 is 1.00 bits per heavy atom. The first kappa shape index (κ1) is 11.5. The second-order valence-electron chi connectivity index (χ2n) is 4.15. The van der Waals surface area contributed by atoms with E-state index in [4.69, 9.17) is 4.84 Å². The summed E-state index contributed by atoms with van der Waals surface area (Å²) in [7, 11) is 0. The Kier molecular flexibility index (Phi) is 2.98. The number of fused-ring (bicyclic) bond motifs is 1. The molecule has 0 atom stereocenters. The molecule has 0 aliphatic rings. The molecule has 0 radical (unpaired) electrons. The predicted molar refractivity (Wildman–Crippen MR) is 72.7 cm³/mol. The minimum Gasteiger partial charge on any atom is -0.405 e. The van der Waals surface area contributed by atoms with E-state index in [-0.39, 0.29) is 5.56 Å². The number of para-hydroxylation sites is 1. The minimum absolute atomic E-state index is 0.193. The maximum atomic E-state index is 12.1. The molecule has 0 fully saturated rings. The lowest BCUT2D eigenvalue weighted by atomic mass is 10.2. The van der Waals surface area contributed by atoms with E-state index in [1.165, 1.54) is 11.1 Å². The molecule has 0 aliphatic heterocycles. The molecule has 2 aromatic carbocycles. The maximum Gasteiger partial charge on any atom is 0.293 e. The molecular formula is C15H12N2O2. The number of hydrogen-bond donors (Lipinski definition) is 0. The summed E-state index contributed by atoms with van der Waals surface area (Å²) in [4.78, 5) is 21.8. The van der Waals surface area contributed by atoms with Gasteiger partial charge in [0.2, 0.25) is 0 Å². The fraction of sp³-hybridized carbons (Fsp3) is 0.0667. The van der Waals surface area contributed by atoms with E-state index in [9.17, 15) is 4.79 Å². The number of benzene rings is 2. The molecule has 1 heterocycles. The van der Waals surface area contributed by atoms with E-state index in [0.717, 1.165) is 5.56 Å². The highest BCUT2D eigenvalue weighted by atomic mass is 16.7. The van der Waals surface area contributed by atoms with Crippen LogP contribution in [0.3, 0.4) is 0 Å². The fourth-order valence-corrected chi connectivity index (χ4v) is 1.86. The molecule has 0 unspecified atom stereocenters. The minimum atomic E-state index is -0.193. The standard InChI is InChI=1S/C15H12N2O2/c18-15-13-8-4-5-9-14(13)16-11-17(15)19-10-12-6-2-1-3-7-12/h1-9,11H,10H2. The Balaban J connectivity index is 1.90. The largest absolute Gasteiger partial charge is 0.405 e. The molecule has 4 nitrogen and oxygen atoms in total. The van der Waals surface area contributed by atoms with Gasteiger partial charge in [-0.3, -0.25) is 4.79 Å². The molecule has 3 rings (SSSR count). The monoisotopic (exact) mass is 252 g/mol. The van der Waals surface area contributed by atoms with Crippen LogP contribution in [0.4, 0.5) is 0 Å². The van der Waals surface area contributed by atoms with Gasteiger partial charge in [0.1, 0.15) is 12.9 Å². The summed E-state index contributed by atoms with van der Waals surface area (Å²) in [5.74, 6) is 0. The van der Waals surface area contributed by atoms with Crippen LogP contribution in [0, 0.1) is 0 Å². The summed E-state index contributed by atoms with van der Waals surface area (Å²) < 4.78 is 1.18. The number of nitrogens with zero attached hydrogens (tertiary/aromatic N) is 2. The number of aromatic nitrogens is 2. The third-order valence-corrected chi connectivity index (χ3v) is 2.85. The molecule has 94 valence electrons. The van der Waals surface area contributed by atoms with E-state index in [0.29, 0.717) is 17.5 Å². The first-order valence-electron chi connectivity index (χ1n) is 5.98. The van der Waals surface area contributed by atoms with Crippen molar-refractivity contribution in [2.45, 2.75) is 6.61 Å². The predicted octanol–water partition coefficient (Wildman–Crippen LogP) is 2.03. The highest BCUT2D eigenvalue weighted by Crippen LogP contribution is 2.04. The van der Waals surface area contributed by atoms with Gasteiger partial charge in [0, 0.05) is 0 Å². The van der Waals surface area contributed by atoms with Crippen LogP contribution in [0.15, 0.2) is 65.7 Å². The van der Waals surface area contributed by atoms with E-state index in [1.807, 2.05) is 42.5 Å². The van der Waals surface area contributed by atoms with Crippen molar-refractivity contribution in [2.75, 3.05) is 0 Å². The Morgan fingerprint density at radius 3 is 2.58 bits per heavy atom. The van der Waals surface area contributed by atoms with Gasteiger partial charge in [0.15, 0.2) is 0 Å². The second kappa shape index (κ2) is 4.94. The Bertz CT molecular complexity index is 751. The molecule has 0 bridgehead atoms. The average molecular weight is 252 g/mol. The van der Waals surface area contributed by atoms with E-state index in [2.05, 4.69) is 4.98 Å². The van der Waals surface area contributed by atoms with Gasteiger partial charge in [-0.25, -0.2) is 4.98 Å². The van der Waals surface area contributed by atoms with Gasteiger partial charge in [-0.1, -0.05) is 42.5 Å². The molecule has 0 spiro atoms.